The monoisotopic (exact) mass is 472 g/mol. The summed E-state index contributed by atoms with van der Waals surface area (Å²) in [6.45, 7) is 3.26. The van der Waals surface area contributed by atoms with Crippen LogP contribution in [0.3, 0.4) is 0 Å². The lowest BCUT2D eigenvalue weighted by Crippen LogP contribution is -2.37. The van der Waals surface area contributed by atoms with Crippen molar-refractivity contribution in [3.8, 4) is 0 Å². The molecule has 0 aromatic heterocycles. The van der Waals surface area contributed by atoms with E-state index >= 15 is 0 Å². The van der Waals surface area contributed by atoms with Crippen molar-refractivity contribution in [3.63, 3.8) is 0 Å². The summed E-state index contributed by atoms with van der Waals surface area (Å²) >= 11 is 0. The molecule has 0 unspecified atom stereocenters. The summed E-state index contributed by atoms with van der Waals surface area (Å²) in [7, 11) is -0.792. The van der Waals surface area contributed by atoms with Gasteiger partial charge in [0.25, 0.3) is 5.91 Å². The number of carbonyl (C=O) groups excluding carboxylic acids is 2. The summed E-state index contributed by atoms with van der Waals surface area (Å²) in [5, 5.41) is 5.41. The second kappa shape index (κ2) is 11.4. The van der Waals surface area contributed by atoms with E-state index in [4.69, 9.17) is 0 Å². The van der Waals surface area contributed by atoms with Gasteiger partial charge in [0.2, 0.25) is 15.9 Å². The van der Waals surface area contributed by atoms with Gasteiger partial charge < -0.3 is 10.6 Å². The van der Waals surface area contributed by atoms with E-state index < -0.39 is 15.9 Å². The molecule has 0 atom stereocenters. The molecule has 1 saturated heterocycles. The summed E-state index contributed by atoms with van der Waals surface area (Å²) in [6.07, 6.45) is 3.74. The number of sulfonamides is 1. The molecule has 2 N–H and O–H groups in total. The van der Waals surface area contributed by atoms with Gasteiger partial charge in [0.05, 0.1) is 11.4 Å². The normalized spacial score (nSPS) is 14.8. The Morgan fingerprint density at radius 3 is 2.33 bits per heavy atom. The van der Waals surface area contributed by atoms with Gasteiger partial charge in [0, 0.05) is 32.7 Å². The van der Waals surface area contributed by atoms with Gasteiger partial charge in [-0.1, -0.05) is 36.8 Å². The quantitative estimate of drug-likeness (QED) is 0.581. The highest BCUT2D eigenvalue weighted by Crippen LogP contribution is 2.17. The zero-order valence-electron chi connectivity index (χ0n) is 19.2. The van der Waals surface area contributed by atoms with Crippen molar-refractivity contribution in [1.29, 1.82) is 0 Å². The number of rotatable bonds is 9. The number of carbonyl (C=O) groups is 2. The van der Waals surface area contributed by atoms with Gasteiger partial charge in [-0.3, -0.25) is 14.5 Å². The number of likely N-dealkylation sites (tertiary alicyclic amines) is 1. The van der Waals surface area contributed by atoms with E-state index in [9.17, 15) is 18.0 Å². The first-order valence-corrected chi connectivity index (χ1v) is 12.6. The van der Waals surface area contributed by atoms with Gasteiger partial charge in [-0.2, -0.15) is 0 Å². The molecule has 1 heterocycles. The molecular formula is C24H32N4O4S. The Hall–Kier alpha value is -2.75. The molecule has 2 aromatic rings. The van der Waals surface area contributed by atoms with Crippen molar-refractivity contribution in [2.45, 2.75) is 37.2 Å². The van der Waals surface area contributed by atoms with Gasteiger partial charge in [-0.15, -0.1) is 0 Å². The summed E-state index contributed by atoms with van der Waals surface area (Å²) < 4.78 is 25.6. The number of hydrogen-bond donors (Lipinski definition) is 2. The highest BCUT2D eigenvalue weighted by Gasteiger charge is 2.19. The average Bonchev–Trinajstić information content (AvgIpc) is 2.82. The second-order valence-corrected chi connectivity index (χ2v) is 10.5. The van der Waals surface area contributed by atoms with Crippen LogP contribution in [0, 0.1) is 0 Å². The van der Waals surface area contributed by atoms with Crippen LogP contribution in [0.2, 0.25) is 0 Å². The Labute approximate surface area is 196 Å². The molecule has 0 saturated carbocycles. The van der Waals surface area contributed by atoms with Crippen molar-refractivity contribution >= 4 is 21.8 Å². The van der Waals surface area contributed by atoms with E-state index in [1.165, 1.54) is 63.2 Å². The van der Waals surface area contributed by atoms with Crippen LogP contribution in [-0.2, 0) is 27.9 Å². The first-order valence-electron chi connectivity index (χ1n) is 11.1. The molecule has 0 radical (unpaired) electrons. The van der Waals surface area contributed by atoms with Crippen molar-refractivity contribution in [1.82, 2.24) is 19.8 Å². The summed E-state index contributed by atoms with van der Waals surface area (Å²) in [6, 6.07) is 13.8. The standard InChI is InChI=1S/C24H32N4O4S/c1-27(2)33(31,32)22-12-8-11-19(15-22)24(30)26-17-23(29)25-16-20-9-4-5-10-21(20)18-28-13-6-3-7-14-28/h4-5,8-12,15H,3,6-7,13-14,16-18H2,1-2H3,(H,25,29)(H,26,30). The molecule has 1 aliphatic heterocycles. The van der Waals surface area contributed by atoms with E-state index in [1.54, 1.807) is 0 Å². The van der Waals surface area contributed by atoms with Crippen molar-refractivity contribution < 1.29 is 18.0 Å². The fourth-order valence-corrected chi connectivity index (χ4v) is 4.72. The maximum absolute atomic E-state index is 12.4. The highest BCUT2D eigenvalue weighted by molar-refractivity contribution is 7.89. The smallest absolute Gasteiger partial charge is 0.251 e. The number of hydrogen-bond acceptors (Lipinski definition) is 5. The fourth-order valence-electron chi connectivity index (χ4n) is 3.77. The molecule has 33 heavy (non-hydrogen) atoms. The Balaban J connectivity index is 1.53. The highest BCUT2D eigenvalue weighted by atomic mass is 32.2. The van der Waals surface area contributed by atoms with Crippen LogP contribution < -0.4 is 10.6 Å². The van der Waals surface area contributed by atoms with Crippen LogP contribution in [0.5, 0.6) is 0 Å². The molecule has 0 aliphatic carbocycles. The first-order chi connectivity index (χ1) is 15.8. The SMILES string of the molecule is CN(C)S(=O)(=O)c1cccc(C(=O)NCC(=O)NCc2ccccc2CN2CCCCC2)c1. The molecule has 2 amide bonds. The van der Waals surface area contributed by atoms with Crippen LogP contribution in [-0.4, -0.2) is 63.2 Å². The summed E-state index contributed by atoms with van der Waals surface area (Å²) in [4.78, 5) is 27.2. The average molecular weight is 473 g/mol. The van der Waals surface area contributed by atoms with E-state index in [0.29, 0.717) is 6.54 Å². The molecule has 0 spiro atoms. The van der Waals surface area contributed by atoms with Gasteiger partial charge >= 0.3 is 0 Å². The van der Waals surface area contributed by atoms with Crippen LogP contribution >= 0.6 is 0 Å². The van der Waals surface area contributed by atoms with E-state index in [0.717, 1.165) is 29.5 Å². The molecule has 0 bridgehead atoms. The summed E-state index contributed by atoms with van der Waals surface area (Å²) in [5.41, 5.74) is 2.43. The van der Waals surface area contributed by atoms with Crippen LogP contribution in [0.25, 0.3) is 0 Å². The predicted molar refractivity (Wildman–Crippen MR) is 127 cm³/mol. The molecule has 3 rings (SSSR count). The number of nitrogens with one attached hydrogen (secondary N) is 2. The Kier molecular flexibility index (Phi) is 8.60. The summed E-state index contributed by atoms with van der Waals surface area (Å²) in [5.74, 6) is -0.820. The first kappa shape index (κ1) is 24.9. The predicted octanol–water partition coefficient (Wildman–Crippen LogP) is 1.97. The van der Waals surface area contributed by atoms with Crippen molar-refractivity contribution in [2.24, 2.45) is 0 Å². The lowest BCUT2D eigenvalue weighted by atomic mass is 10.0. The minimum absolute atomic E-state index is 0.0231. The molecule has 9 heteroatoms. The Morgan fingerprint density at radius 1 is 0.939 bits per heavy atom. The van der Waals surface area contributed by atoms with E-state index in [2.05, 4.69) is 21.6 Å². The number of piperidine rings is 1. The molecule has 1 fully saturated rings. The molecule has 1 aliphatic rings. The lowest BCUT2D eigenvalue weighted by molar-refractivity contribution is -0.120. The molecule has 178 valence electrons. The van der Waals surface area contributed by atoms with Crippen LogP contribution in [0.15, 0.2) is 53.4 Å². The van der Waals surface area contributed by atoms with E-state index in [-0.39, 0.29) is 22.9 Å². The largest absolute Gasteiger partial charge is 0.350 e. The third-order valence-corrected chi connectivity index (χ3v) is 7.53. The Morgan fingerprint density at radius 2 is 1.64 bits per heavy atom. The van der Waals surface area contributed by atoms with Gasteiger partial charge in [0.1, 0.15) is 0 Å². The zero-order chi connectivity index (χ0) is 23.8. The second-order valence-electron chi connectivity index (χ2n) is 8.38. The fraction of sp³-hybridized carbons (Fsp3) is 0.417. The van der Waals surface area contributed by atoms with Gasteiger partial charge in [-0.05, 0) is 55.3 Å². The van der Waals surface area contributed by atoms with Gasteiger partial charge in [0.15, 0.2) is 0 Å². The molecule has 8 nitrogen and oxygen atoms in total. The topological polar surface area (TPSA) is 98.8 Å². The maximum atomic E-state index is 12.4. The van der Waals surface area contributed by atoms with Crippen LogP contribution in [0.1, 0.15) is 40.7 Å². The lowest BCUT2D eigenvalue weighted by Gasteiger charge is -2.27. The third-order valence-electron chi connectivity index (χ3n) is 5.72. The van der Waals surface area contributed by atoms with Crippen LogP contribution in [0.4, 0.5) is 0 Å². The number of amides is 2. The molecular weight excluding hydrogens is 440 g/mol. The third kappa shape index (κ3) is 6.86. The van der Waals surface area contributed by atoms with E-state index in [1.807, 2.05) is 18.2 Å². The maximum Gasteiger partial charge on any atom is 0.251 e. The van der Waals surface area contributed by atoms with Crippen molar-refractivity contribution in [3.05, 3.63) is 65.2 Å². The van der Waals surface area contributed by atoms with Gasteiger partial charge in [-0.25, -0.2) is 12.7 Å². The Bertz CT molecular complexity index is 1080. The number of benzene rings is 2. The minimum Gasteiger partial charge on any atom is -0.350 e. The number of nitrogens with zero attached hydrogens (tertiary/aromatic N) is 2. The van der Waals surface area contributed by atoms with Crippen molar-refractivity contribution in [2.75, 3.05) is 33.7 Å². The minimum atomic E-state index is -3.65. The zero-order valence-corrected chi connectivity index (χ0v) is 20.0. The molecule has 2 aromatic carbocycles.